The van der Waals surface area contributed by atoms with Gasteiger partial charge in [-0.3, -0.25) is 9.69 Å². The van der Waals surface area contributed by atoms with Crippen molar-refractivity contribution in [3.63, 3.8) is 0 Å². The second kappa shape index (κ2) is 6.24. The molecular formula is C15H18BrN3O. The molecule has 2 N–H and O–H groups in total. The van der Waals surface area contributed by atoms with Crippen molar-refractivity contribution in [2.45, 2.75) is 12.6 Å². The Labute approximate surface area is 127 Å². The highest BCUT2D eigenvalue weighted by Gasteiger charge is 2.23. The Bertz CT molecular complexity index is 609. The predicted octanol–water partition coefficient (Wildman–Crippen LogP) is 2.45. The highest BCUT2D eigenvalue weighted by atomic mass is 79.9. The van der Waals surface area contributed by atoms with Gasteiger partial charge in [0.2, 0.25) is 5.91 Å². The van der Waals surface area contributed by atoms with Gasteiger partial charge < -0.3 is 10.3 Å². The third-order valence-electron chi connectivity index (χ3n) is 3.20. The number of nitrogens with zero attached hydrogens (tertiary/aromatic N) is 2. The van der Waals surface area contributed by atoms with E-state index in [-0.39, 0.29) is 5.91 Å². The van der Waals surface area contributed by atoms with Crippen molar-refractivity contribution in [2.24, 2.45) is 12.8 Å². The van der Waals surface area contributed by atoms with Crippen molar-refractivity contribution < 1.29 is 4.79 Å². The fourth-order valence-corrected chi connectivity index (χ4v) is 2.76. The molecule has 1 aromatic carbocycles. The molecule has 0 radical (unpaired) electrons. The van der Waals surface area contributed by atoms with Gasteiger partial charge in [0.15, 0.2) is 0 Å². The van der Waals surface area contributed by atoms with Crippen LogP contribution >= 0.6 is 15.9 Å². The number of likely N-dealkylation sites (N-methyl/N-ethyl adjacent to an activating group) is 1. The van der Waals surface area contributed by atoms with E-state index in [1.54, 1.807) is 0 Å². The fraction of sp³-hybridized carbons (Fsp3) is 0.267. The summed E-state index contributed by atoms with van der Waals surface area (Å²) in [4.78, 5) is 13.8. The van der Waals surface area contributed by atoms with Crippen molar-refractivity contribution in [3.05, 3.63) is 58.3 Å². The molecule has 0 aliphatic rings. The lowest BCUT2D eigenvalue weighted by atomic mass is 10.0. The van der Waals surface area contributed by atoms with Crippen LogP contribution < -0.4 is 5.73 Å². The minimum Gasteiger partial charge on any atom is -0.368 e. The van der Waals surface area contributed by atoms with E-state index >= 15 is 0 Å². The quantitative estimate of drug-likeness (QED) is 0.912. The van der Waals surface area contributed by atoms with Crippen molar-refractivity contribution in [2.75, 3.05) is 7.05 Å². The highest BCUT2D eigenvalue weighted by molar-refractivity contribution is 9.10. The van der Waals surface area contributed by atoms with E-state index in [2.05, 4.69) is 15.9 Å². The van der Waals surface area contributed by atoms with Gasteiger partial charge in [-0.1, -0.05) is 28.1 Å². The average Bonchev–Trinajstić information content (AvgIpc) is 2.74. The summed E-state index contributed by atoms with van der Waals surface area (Å²) < 4.78 is 2.93. The summed E-state index contributed by atoms with van der Waals surface area (Å²) >= 11 is 3.42. The molecule has 1 atom stereocenters. The maximum atomic E-state index is 11.8. The van der Waals surface area contributed by atoms with Crippen LogP contribution in [0.2, 0.25) is 0 Å². The Kier molecular flexibility index (Phi) is 4.62. The fourth-order valence-electron chi connectivity index (χ4n) is 2.35. The second-order valence-corrected chi connectivity index (χ2v) is 5.88. The van der Waals surface area contributed by atoms with E-state index in [0.29, 0.717) is 6.54 Å². The molecule has 106 valence electrons. The first-order valence-electron chi connectivity index (χ1n) is 6.33. The van der Waals surface area contributed by atoms with E-state index in [1.807, 2.05) is 66.3 Å². The van der Waals surface area contributed by atoms with Gasteiger partial charge in [0.1, 0.15) is 6.04 Å². The summed E-state index contributed by atoms with van der Waals surface area (Å²) in [5.41, 5.74) is 7.62. The number of hydrogen-bond acceptors (Lipinski definition) is 2. The van der Waals surface area contributed by atoms with Crippen LogP contribution in [0.3, 0.4) is 0 Å². The van der Waals surface area contributed by atoms with Crippen LogP contribution in [0.25, 0.3) is 0 Å². The first kappa shape index (κ1) is 14.8. The molecule has 0 saturated heterocycles. The molecule has 20 heavy (non-hydrogen) atoms. The molecule has 1 heterocycles. The van der Waals surface area contributed by atoms with Crippen molar-refractivity contribution >= 4 is 21.8 Å². The molecule has 1 amide bonds. The van der Waals surface area contributed by atoms with Gasteiger partial charge in [0.25, 0.3) is 0 Å². The van der Waals surface area contributed by atoms with Crippen molar-refractivity contribution in [3.8, 4) is 0 Å². The number of carbonyl (C=O) groups is 1. The Balaban J connectivity index is 2.22. The number of aromatic nitrogens is 1. The summed E-state index contributed by atoms with van der Waals surface area (Å²) in [6.45, 7) is 0.668. The lowest BCUT2D eigenvalue weighted by molar-refractivity contribution is -0.123. The smallest absolute Gasteiger partial charge is 0.239 e. The number of halogens is 1. The van der Waals surface area contributed by atoms with E-state index in [0.717, 1.165) is 15.6 Å². The number of rotatable bonds is 5. The van der Waals surface area contributed by atoms with Crippen LogP contribution in [-0.4, -0.2) is 22.4 Å². The number of amides is 1. The molecule has 2 aromatic rings. The third kappa shape index (κ3) is 3.49. The van der Waals surface area contributed by atoms with Crippen LogP contribution in [0.4, 0.5) is 0 Å². The molecule has 4 nitrogen and oxygen atoms in total. The average molecular weight is 336 g/mol. The SMILES string of the molecule is CN(Cc1ccn(C)c1)C(C(N)=O)c1cccc(Br)c1. The minimum absolute atomic E-state index is 0.346. The molecule has 1 aromatic heterocycles. The van der Waals surface area contributed by atoms with Gasteiger partial charge in [-0.15, -0.1) is 0 Å². The Hall–Kier alpha value is -1.59. The van der Waals surface area contributed by atoms with E-state index in [1.165, 1.54) is 0 Å². The largest absolute Gasteiger partial charge is 0.368 e. The number of primary amides is 1. The van der Waals surface area contributed by atoms with Gasteiger partial charge in [0.05, 0.1) is 0 Å². The number of carbonyl (C=O) groups excluding carboxylic acids is 1. The van der Waals surface area contributed by atoms with Crippen LogP contribution in [-0.2, 0) is 18.4 Å². The van der Waals surface area contributed by atoms with Gasteiger partial charge >= 0.3 is 0 Å². The number of aryl methyl sites for hydroxylation is 1. The van der Waals surface area contributed by atoms with Crippen LogP contribution in [0.5, 0.6) is 0 Å². The predicted molar refractivity (Wildman–Crippen MR) is 83.0 cm³/mol. The standard InChI is InChI=1S/C15H18BrN3O/c1-18-7-6-11(9-18)10-19(2)14(15(17)20)12-4-3-5-13(16)8-12/h3-9,14H,10H2,1-2H3,(H2,17,20). The topological polar surface area (TPSA) is 51.3 Å². The Morgan fingerprint density at radius 3 is 2.75 bits per heavy atom. The van der Waals surface area contributed by atoms with Crippen molar-refractivity contribution in [1.82, 2.24) is 9.47 Å². The summed E-state index contributed by atoms with van der Waals surface area (Å²) in [5, 5.41) is 0. The van der Waals surface area contributed by atoms with E-state index < -0.39 is 6.04 Å². The minimum atomic E-state index is -0.437. The molecule has 1 unspecified atom stereocenters. The zero-order valence-electron chi connectivity index (χ0n) is 11.6. The number of nitrogens with two attached hydrogens (primary N) is 1. The Morgan fingerprint density at radius 2 is 2.20 bits per heavy atom. The summed E-state index contributed by atoms with van der Waals surface area (Å²) in [6.07, 6.45) is 4.02. The normalized spacial score (nSPS) is 12.6. The summed E-state index contributed by atoms with van der Waals surface area (Å²) in [7, 11) is 3.88. The number of benzene rings is 1. The van der Waals surface area contributed by atoms with Crippen LogP contribution in [0.15, 0.2) is 47.2 Å². The lowest BCUT2D eigenvalue weighted by Crippen LogP contribution is -2.34. The molecule has 0 aliphatic heterocycles. The van der Waals surface area contributed by atoms with Gasteiger partial charge in [-0.25, -0.2) is 0 Å². The maximum absolute atomic E-state index is 11.8. The van der Waals surface area contributed by atoms with Gasteiger partial charge in [-0.05, 0) is 36.4 Å². The van der Waals surface area contributed by atoms with E-state index in [9.17, 15) is 4.79 Å². The molecular weight excluding hydrogens is 318 g/mol. The molecule has 0 aliphatic carbocycles. The highest BCUT2D eigenvalue weighted by Crippen LogP contribution is 2.24. The van der Waals surface area contributed by atoms with Gasteiger partial charge in [-0.2, -0.15) is 0 Å². The summed E-state index contributed by atoms with van der Waals surface area (Å²) in [6, 6.07) is 9.28. The lowest BCUT2D eigenvalue weighted by Gasteiger charge is -2.25. The van der Waals surface area contributed by atoms with Crippen LogP contribution in [0.1, 0.15) is 17.2 Å². The molecule has 0 bridgehead atoms. The zero-order chi connectivity index (χ0) is 14.7. The maximum Gasteiger partial charge on any atom is 0.239 e. The first-order valence-corrected chi connectivity index (χ1v) is 7.12. The van der Waals surface area contributed by atoms with Crippen LogP contribution in [0, 0.1) is 0 Å². The monoisotopic (exact) mass is 335 g/mol. The van der Waals surface area contributed by atoms with Gasteiger partial charge in [0, 0.05) is 30.5 Å². The second-order valence-electron chi connectivity index (χ2n) is 4.96. The first-order chi connectivity index (χ1) is 9.47. The van der Waals surface area contributed by atoms with E-state index in [4.69, 9.17) is 5.73 Å². The molecule has 0 saturated carbocycles. The molecule has 5 heteroatoms. The number of hydrogen-bond donors (Lipinski definition) is 1. The molecule has 0 spiro atoms. The summed E-state index contributed by atoms with van der Waals surface area (Å²) in [5.74, 6) is -0.346. The zero-order valence-corrected chi connectivity index (χ0v) is 13.2. The molecule has 0 fully saturated rings. The third-order valence-corrected chi connectivity index (χ3v) is 3.69. The Morgan fingerprint density at radius 1 is 1.45 bits per heavy atom. The van der Waals surface area contributed by atoms with Crippen molar-refractivity contribution in [1.29, 1.82) is 0 Å². The molecule has 2 rings (SSSR count).